The Bertz CT molecular complexity index is 718. The highest BCUT2D eigenvalue weighted by Gasteiger charge is 2.63. The van der Waals surface area contributed by atoms with Gasteiger partial charge in [-0.25, -0.2) is 9.59 Å². The molecule has 0 bridgehead atoms. The minimum absolute atomic E-state index is 0.0844. The maximum atomic E-state index is 12.4. The highest BCUT2D eigenvalue weighted by molar-refractivity contribution is 5.92. The van der Waals surface area contributed by atoms with Crippen molar-refractivity contribution >= 4 is 18.2 Å². The summed E-state index contributed by atoms with van der Waals surface area (Å²) in [7, 11) is 0. The number of aldehydes is 1. The van der Waals surface area contributed by atoms with Crippen LogP contribution >= 0.6 is 0 Å². The fourth-order valence-electron chi connectivity index (χ4n) is 3.82. The lowest BCUT2D eigenvalue weighted by Gasteiger charge is -2.51. The highest BCUT2D eigenvalue weighted by Crippen LogP contribution is 2.53. The summed E-state index contributed by atoms with van der Waals surface area (Å²) in [5.74, 6) is -2.86. The van der Waals surface area contributed by atoms with Crippen LogP contribution in [0.25, 0.3) is 0 Å². The third-order valence-electron chi connectivity index (χ3n) is 5.53. The number of hydrogen-bond donors (Lipinski definition) is 1. The van der Waals surface area contributed by atoms with Gasteiger partial charge in [0.1, 0.15) is 18.5 Å². The van der Waals surface area contributed by atoms with Crippen molar-refractivity contribution in [3.05, 3.63) is 48.6 Å². The van der Waals surface area contributed by atoms with E-state index in [0.29, 0.717) is 11.9 Å². The zero-order valence-electron chi connectivity index (χ0n) is 15.2. The molecule has 26 heavy (non-hydrogen) atoms. The van der Waals surface area contributed by atoms with E-state index in [1.807, 2.05) is 0 Å². The van der Waals surface area contributed by atoms with Crippen LogP contribution in [-0.2, 0) is 23.9 Å². The van der Waals surface area contributed by atoms with E-state index in [1.165, 1.54) is 6.08 Å². The molecule has 2 rings (SSSR count). The van der Waals surface area contributed by atoms with Gasteiger partial charge in [0.05, 0.1) is 12.0 Å². The first-order chi connectivity index (χ1) is 12.1. The van der Waals surface area contributed by atoms with Crippen LogP contribution < -0.4 is 0 Å². The summed E-state index contributed by atoms with van der Waals surface area (Å²) >= 11 is 0. The molecule has 0 aromatic heterocycles. The Labute approximate surface area is 152 Å². The van der Waals surface area contributed by atoms with Crippen molar-refractivity contribution in [3.8, 4) is 0 Å². The maximum Gasteiger partial charge on any atom is 0.334 e. The van der Waals surface area contributed by atoms with E-state index in [4.69, 9.17) is 9.47 Å². The van der Waals surface area contributed by atoms with E-state index < -0.39 is 47.5 Å². The predicted molar refractivity (Wildman–Crippen MR) is 94.8 cm³/mol. The lowest BCUT2D eigenvalue weighted by molar-refractivity contribution is -0.189. The van der Waals surface area contributed by atoms with E-state index in [-0.39, 0.29) is 11.1 Å². The van der Waals surface area contributed by atoms with Crippen molar-refractivity contribution in [2.75, 3.05) is 0 Å². The zero-order chi connectivity index (χ0) is 19.8. The summed E-state index contributed by atoms with van der Waals surface area (Å²) in [5, 5.41) is 10.9. The van der Waals surface area contributed by atoms with Crippen LogP contribution in [0.4, 0.5) is 0 Å². The first-order valence-corrected chi connectivity index (χ1v) is 8.33. The van der Waals surface area contributed by atoms with Gasteiger partial charge in [-0.15, -0.1) is 6.58 Å². The fraction of sp³-hybridized carbons (Fsp3) is 0.450. The average Bonchev–Trinajstić information content (AvgIpc) is 2.92. The molecule has 1 N–H and O–H groups in total. The van der Waals surface area contributed by atoms with Gasteiger partial charge < -0.3 is 14.6 Å². The molecule has 2 fully saturated rings. The predicted octanol–water partition coefficient (Wildman–Crippen LogP) is 1.90. The molecule has 1 aliphatic carbocycles. The quantitative estimate of drug-likeness (QED) is 0.349. The number of hydrogen-bond acceptors (Lipinski definition) is 6. The number of aliphatic hydroxyl groups is 1. The van der Waals surface area contributed by atoms with Crippen molar-refractivity contribution in [2.45, 2.75) is 39.1 Å². The average molecular weight is 360 g/mol. The number of fused-ring (bicyclic) bond motifs is 1. The van der Waals surface area contributed by atoms with Crippen LogP contribution in [0.1, 0.15) is 20.8 Å². The van der Waals surface area contributed by atoms with E-state index in [1.54, 1.807) is 26.8 Å². The first kappa shape index (κ1) is 19.8. The van der Waals surface area contributed by atoms with Gasteiger partial charge in [0.25, 0.3) is 0 Å². The number of carbonyl (C=O) groups excluding carboxylic acids is 3. The number of aliphatic hydroxyl groups excluding tert-OH is 1. The van der Waals surface area contributed by atoms with Gasteiger partial charge in [-0.3, -0.25) is 4.79 Å². The number of esters is 2. The van der Waals surface area contributed by atoms with Crippen molar-refractivity contribution in [3.63, 3.8) is 0 Å². The monoisotopic (exact) mass is 360 g/mol. The van der Waals surface area contributed by atoms with Crippen LogP contribution in [0.2, 0.25) is 0 Å². The summed E-state index contributed by atoms with van der Waals surface area (Å²) in [5.41, 5.74) is -0.490. The van der Waals surface area contributed by atoms with Crippen molar-refractivity contribution in [2.24, 2.45) is 17.3 Å². The molecule has 6 heteroatoms. The molecule has 0 radical (unpaired) electrons. The second-order valence-electron chi connectivity index (χ2n) is 6.95. The van der Waals surface area contributed by atoms with E-state index in [9.17, 15) is 19.5 Å². The second-order valence-corrected chi connectivity index (χ2v) is 6.95. The minimum atomic E-state index is -1.16. The third-order valence-corrected chi connectivity index (χ3v) is 5.53. The molecule has 0 amide bonds. The van der Waals surface area contributed by atoms with Gasteiger partial charge in [-0.2, -0.15) is 0 Å². The molecule has 0 aromatic rings. The molecule has 2 aliphatic rings. The largest absolute Gasteiger partial charge is 0.454 e. The maximum absolute atomic E-state index is 12.4. The van der Waals surface area contributed by atoms with Crippen LogP contribution in [0.5, 0.6) is 0 Å². The first-order valence-electron chi connectivity index (χ1n) is 8.33. The smallest absolute Gasteiger partial charge is 0.334 e. The second kappa shape index (κ2) is 7.03. The summed E-state index contributed by atoms with van der Waals surface area (Å²) in [6.45, 7) is 16.2. The van der Waals surface area contributed by atoms with E-state index >= 15 is 0 Å². The molecule has 1 saturated heterocycles. The summed E-state index contributed by atoms with van der Waals surface area (Å²) < 4.78 is 11.0. The number of ether oxygens (including phenoxy) is 2. The van der Waals surface area contributed by atoms with E-state index in [2.05, 4.69) is 19.7 Å². The van der Waals surface area contributed by atoms with Crippen LogP contribution in [0.15, 0.2) is 48.6 Å². The van der Waals surface area contributed by atoms with Crippen molar-refractivity contribution in [1.29, 1.82) is 0 Å². The fourth-order valence-corrected chi connectivity index (χ4v) is 3.82. The molecular weight excluding hydrogens is 336 g/mol. The minimum Gasteiger partial charge on any atom is -0.454 e. The zero-order valence-corrected chi connectivity index (χ0v) is 15.2. The Hall–Kier alpha value is -2.47. The van der Waals surface area contributed by atoms with Crippen molar-refractivity contribution < 1.29 is 29.0 Å². The van der Waals surface area contributed by atoms with Gasteiger partial charge in [0.15, 0.2) is 0 Å². The van der Waals surface area contributed by atoms with Crippen molar-refractivity contribution in [1.82, 2.24) is 0 Å². The molecule has 6 atom stereocenters. The SMILES string of the molecule is C=C[C@]1(C)[C@H](OC(=O)/C(C)=C\C)[C@@H]2OC(=O)C(=C)[C@@H]2[C@@H](O)[C@H]1C(=C)C=O. The summed E-state index contributed by atoms with van der Waals surface area (Å²) in [6, 6.07) is 0. The third kappa shape index (κ3) is 2.84. The standard InChI is InChI=1S/C20H24O6/c1-7-10(3)18(23)26-17-16-13(12(5)19(24)25-16)15(22)14(11(4)9-21)20(17,6)8-2/h7-9,13-17,22H,2,4-5H2,1,3,6H3/b10-7-/t13-,14-,15-,16-,17-,20+/m1/s1. The molecule has 140 valence electrons. The number of rotatable bonds is 5. The van der Waals surface area contributed by atoms with Crippen LogP contribution in [0, 0.1) is 17.3 Å². The summed E-state index contributed by atoms with van der Waals surface area (Å²) in [6.07, 6.45) is 0.621. The summed E-state index contributed by atoms with van der Waals surface area (Å²) in [4.78, 5) is 35.8. The topological polar surface area (TPSA) is 89.9 Å². The normalized spacial score (nSPS) is 36.8. The number of carbonyl (C=O) groups is 3. The molecule has 0 spiro atoms. The Kier molecular flexibility index (Phi) is 5.37. The Morgan fingerprint density at radius 2 is 2.04 bits per heavy atom. The molecule has 1 saturated carbocycles. The molecule has 1 aliphatic heterocycles. The molecule has 1 heterocycles. The number of allylic oxidation sites excluding steroid dienone is 1. The highest BCUT2D eigenvalue weighted by atomic mass is 16.6. The Morgan fingerprint density at radius 3 is 2.54 bits per heavy atom. The molecular formula is C20H24O6. The van der Waals surface area contributed by atoms with Gasteiger partial charge in [-0.1, -0.05) is 32.2 Å². The Balaban J connectivity index is 2.59. The molecule has 0 aromatic carbocycles. The molecule has 6 nitrogen and oxygen atoms in total. The van der Waals surface area contributed by atoms with Gasteiger partial charge in [-0.05, 0) is 19.4 Å². The van der Waals surface area contributed by atoms with Crippen LogP contribution in [0.3, 0.4) is 0 Å². The van der Waals surface area contributed by atoms with E-state index in [0.717, 1.165) is 0 Å². The van der Waals surface area contributed by atoms with Gasteiger partial charge in [0.2, 0.25) is 0 Å². The molecule has 0 unspecified atom stereocenters. The Morgan fingerprint density at radius 1 is 1.42 bits per heavy atom. The van der Waals surface area contributed by atoms with Gasteiger partial charge >= 0.3 is 11.9 Å². The van der Waals surface area contributed by atoms with Gasteiger partial charge in [0, 0.05) is 22.5 Å². The lowest BCUT2D eigenvalue weighted by Crippen LogP contribution is -2.60. The van der Waals surface area contributed by atoms with Crippen LogP contribution in [-0.4, -0.2) is 41.6 Å². The lowest BCUT2D eigenvalue weighted by atomic mass is 9.57.